The smallest absolute Gasteiger partial charge is 0.145 e. The summed E-state index contributed by atoms with van der Waals surface area (Å²) in [6.45, 7) is 0.0882. The SMILES string of the molecule is COc1ccc(OCC(=N)N)c(Br)c1. The molecule has 0 saturated heterocycles. The summed E-state index contributed by atoms with van der Waals surface area (Å²) in [5, 5.41) is 7.01. The summed E-state index contributed by atoms with van der Waals surface area (Å²) in [4.78, 5) is 0. The van der Waals surface area contributed by atoms with E-state index in [0.29, 0.717) is 5.75 Å². The summed E-state index contributed by atoms with van der Waals surface area (Å²) in [5.74, 6) is 1.38. The second kappa shape index (κ2) is 4.85. The van der Waals surface area contributed by atoms with Gasteiger partial charge in [-0.15, -0.1) is 0 Å². The highest BCUT2D eigenvalue weighted by Crippen LogP contribution is 2.28. The molecule has 3 N–H and O–H groups in total. The lowest BCUT2D eigenvalue weighted by Gasteiger charge is -2.08. The van der Waals surface area contributed by atoms with E-state index in [4.69, 9.17) is 20.6 Å². The third-order valence-corrected chi connectivity index (χ3v) is 2.14. The predicted octanol–water partition coefficient (Wildman–Crippen LogP) is 1.77. The molecule has 0 radical (unpaired) electrons. The Labute approximate surface area is 90.6 Å². The van der Waals surface area contributed by atoms with Gasteiger partial charge in [0.25, 0.3) is 0 Å². The Morgan fingerprint density at radius 1 is 1.57 bits per heavy atom. The van der Waals surface area contributed by atoms with Gasteiger partial charge in [-0.2, -0.15) is 0 Å². The van der Waals surface area contributed by atoms with Crippen molar-refractivity contribution in [2.45, 2.75) is 0 Å². The highest BCUT2D eigenvalue weighted by atomic mass is 79.9. The number of methoxy groups -OCH3 is 1. The molecule has 0 aliphatic heterocycles. The molecule has 0 aromatic heterocycles. The van der Waals surface area contributed by atoms with Crippen LogP contribution in [0.3, 0.4) is 0 Å². The van der Waals surface area contributed by atoms with E-state index in [-0.39, 0.29) is 12.4 Å². The molecule has 14 heavy (non-hydrogen) atoms. The summed E-state index contributed by atoms with van der Waals surface area (Å²) < 4.78 is 11.0. The minimum absolute atomic E-state index is 0.00674. The third kappa shape index (κ3) is 2.92. The monoisotopic (exact) mass is 258 g/mol. The van der Waals surface area contributed by atoms with Gasteiger partial charge in [-0.25, -0.2) is 0 Å². The van der Waals surface area contributed by atoms with Gasteiger partial charge in [0, 0.05) is 0 Å². The molecule has 0 atom stereocenters. The van der Waals surface area contributed by atoms with Crippen molar-refractivity contribution in [2.75, 3.05) is 13.7 Å². The molecule has 1 aromatic carbocycles. The Morgan fingerprint density at radius 2 is 2.29 bits per heavy atom. The van der Waals surface area contributed by atoms with Crippen LogP contribution < -0.4 is 15.2 Å². The first-order chi connectivity index (χ1) is 6.63. The van der Waals surface area contributed by atoms with Crippen LogP contribution in [0.1, 0.15) is 0 Å². The molecule has 5 heteroatoms. The molecule has 0 fully saturated rings. The first-order valence-corrected chi connectivity index (χ1v) is 4.72. The van der Waals surface area contributed by atoms with Crippen molar-refractivity contribution in [3.8, 4) is 11.5 Å². The maximum absolute atomic E-state index is 7.01. The zero-order valence-corrected chi connectivity index (χ0v) is 9.30. The number of ether oxygens (including phenoxy) is 2. The molecule has 0 spiro atoms. The molecule has 76 valence electrons. The largest absolute Gasteiger partial charge is 0.497 e. The van der Waals surface area contributed by atoms with Gasteiger partial charge in [-0.3, -0.25) is 5.41 Å². The van der Waals surface area contributed by atoms with Crippen LogP contribution in [-0.4, -0.2) is 19.6 Å². The molecule has 4 nitrogen and oxygen atoms in total. The summed E-state index contributed by atoms with van der Waals surface area (Å²) in [5.41, 5.74) is 5.16. The fourth-order valence-electron chi connectivity index (χ4n) is 0.881. The van der Waals surface area contributed by atoms with E-state index in [1.807, 2.05) is 0 Å². The average Bonchev–Trinajstić information content (AvgIpc) is 2.15. The topological polar surface area (TPSA) is 68.3 Å². The van der Waals surface area contributed by atoms with Crippen molar-refractivity contribution in [2.24, 2.45) is 5.73 Å². The van der Waals surface area contributed by atoms with Gasteiger partial charge in [0.05, 0.1) is 11.6 Å². The Kier molecular flexibility index (Phi) is 3.76. The lowest BCUT2D eigenvalue weighted by Crippen LogP contribution is -2.19. The van der Waals surface area contributed by atoms with Gasteiger partial charge >= 0.3 is 0 Å². The van der Waals surface area contributed by atoms with Gasteiger partial charge < -0.3 is 15.2 Å². The van der Waals surface area contributed by atoms with E-state index in [9.17, 15) is 0 Å². The molecule has 0 aliphatic carbocycles. The Hall–Kier alpha value is -1.23. The van der Waals surface area contributed by atoms with Crippen molar-refractivity contribution in [1.29, 1.82) is 5.41 Å². The molecule has 0 unspecified atom stereocenters. The van der Waals surface area contributed by atoms with E-state index in [1.165, 1.54) is 0 Å². The van der Waals surface area contributed by atoms with Crippen LogP contribution >= 0.6 is 15.9 Å². The summed E-state index contributed by atoms with van der Waals surface area (Å²) in [6, 6.07) is 5.32. The van der Waals surface area contributed by atoms with Gasteiger partial charge in [-0.1, -0.05) is 0 Å². The van der Waals surface area contributed by atoms with Gasteiger partial charge in [0.1, 0.15) is 23.9 Å². The molecule has 0 saturated carbocycles. The molecular weight excluding hydrogens is 248 g/mol. The van der Waals surface area contributed by atoms with Crippen LogP contribution in [0, 0.1) is 5.41 Å². The number of benzene rings is 1. The zero-order valence-electron chi connectivity index (χ0n) is 7.71. The van der Waals surface area contributed by atoms with E-state index in [1.54, 1.807) is 25.3 Å². The molecule has 1 aromatic rings. The maximum atomic E-state index is 7.01. The number of hydrogen-bond donors (Lipinski definition) is 2. The minimum atomic E-state index is -0.00674. The lowest BCUT2D eigenvalue weighted by atomic mass is 10.3. The lowest BCUT2D eigenvalue weighted by molar-refractivity contribution is 0.369. The zero-order chi connectivity index (χ0) is 10.6. The van der Waals surface area contributed by atoms with Crippen molar-refractivity contribution >= 4 is 21.8 Å². The Morgan fingerprint density at radius 3 is 2.79 bits per heavy atom. The molecule has 0 amide bonds. The first kappa shape index (κ1) is 10.8. The van der Waals surface area contributed by atoms with Gasteiger partial charge in [0.2, 0.25) is 0 Å². The average molecular weight is 259 g/mol. The van der Waals surface area contributed by atoms with Crippen LogP contribution in [0.15, 0.2) is 22.7 Å². The molecule has 0 bridgehead atoms. The highest BCUT2D eigenvalue weighted by Gasteiger charge is 2.02. The highest BCUT2D eigenvalue weighted by molar-refractivity contribution is 9.10. The van der Waals surface area contributed by atoms with E-state index in [2.05, 4.69) is 15.9 Å². The first-order valence-electron chi connectivity index (χ1n) is 3.92. The van der Waals surface area contributed by atoms with Crippen LogP contribution in [0.25, 0.3) is 0 Å². The Balaban J connectivity index is 2.73. The van der Waals surface area contributed by atoms with Crippen molar-refractivity contribution < 1.29 is 9.47 Å². The fraction of sp³-hybridized carbons (Fsp3) is 0.222. The normalized spacial score (nSPS) is 9.57. The second-order valence-electron chi connectivity index (χ2n) is 2.61. The van der Waals surface area contributed by atoms with Crippen molar-refractivity contribution in [3.05, 3.63) is 22.7 Å². The molecule has 0 aliphatic rings. The maximum Gasteiger partial charge on any atom is 0.145 e. The molecular formula is C9H11BrN2O2. The summed E-state index contributed by atoms with van der Waals surface area (Å²) >= 11 is 3.32. The van der Waals surface area contributed by atoms with E-state index < -0.39 is 0 Å². The Bertz CT molecular complexity index is 342. The number of hydrogen-bond acceptors (Lipinski definition) is 3. The van der Waals surface area contributed by atoms with Crippen LogP contribution in [0.5, 0.6) is 11.5 Å². The van der Waals surface area contributed by atoms with E-state index in [0.717, 1.165) is 10.2 Å². The van der Waals surface area contributed by atoms with Gasteiger partial charge in [0.15, 0.2) is 0 Å². The van der Waals surface area contributed by atoms with Crippen molar-refractivity contribution in [1.82, 2.24) is 0 Å². The van der Waals surface area contributed by atoms with Crippen molar-refractivity contribution in [3.63, 3.8) is 0 Å². The number of halogens is 1. The summed E-state index contributed by atoms with van der Waals surface area (Å²) in [7, 11) is 1.60. The number of nitrogens with two attached hydrogens (primary N) is 1. The number of amidine groups is 1. The van der Waals surface area contributed by atoms with Crippen LogP contribution in [0.4, 0.5) is 0 Å². The predicted molar refractivity (Wildman–Crippen MR) is 58.1 cm³/mol. The van der Waals surface area contributed by atoms with Crippen LogP contribution in [-0.2, 0) is 0 Å². The number of rotatable bonds is 4. The van der Waals surface area contributed by atoms with Gasteiger partial charge in [-0.05, 0) is 34.1 Å². The standard InChI is InChI=1S/C9H11BrN2O2/c1-13-6-2-3-8(7(10)4-6)14-5-9(11)12/h2-4H,5H2,1H3,(H3,11,12). The summed E-state index contributed by atoms with van der Waals surface area (Å²) in [6.07, 6.45) is 0. The molecule has 0 heterocycles. The number of nitrogens with one attached hydrogen (secondary N) is 1. The molecule has 1 rings (SSSR count). The van der Waals surface area contributed by atoms with E-state index >= 15 is 0 Å². The quantitative estimate of drug-likeness (QED) is 0.639. The third-order valence-electron chi connectivity index (χ3n) is 1.52. The second-order valence-corrected chi connectivity index (χ2v) is 3.46. The minimum Gasteiger partial charge on any atom is -0.497 e. The van der Waals surface area contributed by atoms with Crippen LogP contribution in [0.2, 0.25) is 0 Å². The fourth-order valence-corrected chi connectivity index (χ4v) is 1.35.